The molecular weight excluding hydrogens is 388 g/mol. The summed E-state index contributed by atoms with van der Waals surface area (Å²) >= 11 is 3.21. The number of anilines is 1. The number of nitrogens with one attached hydrogen (secondary N) is 1. The summed E-state index contributed by atoms with van der Waals surface area (Å²) in [5, 5.41) is 13.7. The van der Waals surface area contributed by atoms with Crippen molar-refractivity contribution in [1.29, 1.82) is 5.26 Å². The minimum absolute atomic E-state index is 0.141. The Hall–Kier alpha value is -2.43. The molecule has 2 heterocycles. The van der Waals surface area contributed by atoms with Gasteiger partial charge in [0.05, 0.1) is 16.5 Å². The van der Waals surface area contributed by atoms with E-state index in [0.29, 0.717) is 17.2 Å². The van der Waals surface area contributed by atoms with Crippen molar-refractivity contribution in [2.45, 2.75) is 43.4 Å². The number of nitriles is 1. The van der Waals surface area contributed by atoms with Crippen LogP contribution in [0.5, 0.6) is 0 Å². The minimum atomic E-state index is -0.345. The van der Waals surface area contributed by atoms with E-state index < -0.39 is 0 Å². The third-order valence-corrected chi connectivity index (χ3v) is 7.28. The van der Waals surface area contributed by atoms with Gasteiger partial charge in [0.15, 0.2) is 0 Å². The van der Waals surface area contributed by atoms with E-state index in [1.807, 2.05) is 6.92 Å². The monoisotopic (exact) mass is 408 g/mol. The molecule has 4 rings (SSSR count). The van der Waals surface area contributed by atoms with Crippen molar-refractivity contribution in [1.82, 2.24) is 9.97 Å². The lowest BCUT2D eigenvalue weighted by Gasteiger charge is -2.18. The zero-order valence-electron chi connectivity index (χ0n) is 15.7. The van der Waals surface area contributed by atoms with Gasteiger partial charge in [-0.1, -0.05) is 30.8 Å². The van der Waals surface area contributed by atoms with E-state index in [4.69, 9.17) is 0 Å². The maximum absolute atomic E-state index is 12.7. The first kappa shape index (κ1) is 18.9. The van der Waals surface area contributed by atoms with Crippen molar-refractivity contribution >= 4 is 44.9 Å². The Morgan fingerprint density at radius 1 is 1.39 bits per heavy atom. The smallest absolute Gasteiger partial charge is 0.237 e. The topological polar surface area (TPSA) is 78.7 Å². The molecule has 0 aliphatic heterocycles. The number of thioether (sulfide) groups is 1. The predicted octanol–water partition coefficient (Wildman–Crippen LogP) is 4.81. The SMILES string of the molecule is C[C@@H]1CCc2c(sc3ncnc(S[C@H](C)C(=O)Nc4ccccc4C#N)c23)C1. The Balaban J connectivity index is 1.58. The number of aromatic nitrogens is 2. The predicted molar refractivity (Wildman–Crippen MR) is 114 cm³/mol. The molecule has 0 unspecified atom stereocenters. The minimum Gasteiger partial charge on any atom is -0.324 e. The highest BCUT2D eigenvalue weighted by Crippen LogP contribution is 2.41. The van der Waals surface area contributed by atoms with Crippen LogP contribution in [-0.4, -0.2) is 21.1 Å². The largest absolute Gasteiger partial charge is 0.324 e. The third kappa shape index (κ3) is 3.62. The van der Waals surface area contributed by atoms with Crippen molar-refractivity contribution in [3.63, 3.8) is 0 Å². The Morgan fingerprint density at radius 3 is 3.04 bits per heavy atom. The van der Waals surface area contributed by atoms with Crippen LogP contribution < -0.4 is 5.32 Å². The van der Waals surface area contributed by atoms with Crippen LogP contribution in [0.15, 0.2) is 35.6 Å². The van der Waals surface area contributed by atoms with Crippen molar-refractivity contribution in [2.75, 3.05) is 5.32 Å². The van der Waals surface area contributed by atoms with E-state index in [-0.39, 0.29) is 11.2 Å². The maximum Gasteiger partial charge on any atom is 0.237 e. The fourth-order valence-electron chi connectivity index (χ4n) is 3.48. The van der Waals surface area contributed by atoms with Gasteiger partial charge in [0.1, 0.15) is 22.3 Å². The van der Waals surface area contributed by atoms with E-state index in [1.54, 1.807) is 41.9 Å². The number of carbonyl (C=O) groups is 1. The molecule has 2 atom stereocenters. The zero-order chi connectivity index (χ0) is 19.7. The number of hydrogen-bond acceptors (Lipinski definition) is 6. The van der Waals surface area contributed by atoms with Crippen LogP contribution >= 0.6 is 23.1 Å². The summed E-state index contributed by atoms with van der Waals surface area (Å²) in [5.74, 6) is 0.562. The molecule has 142 valence electrons. The number of nitrogens with zero attached hydrogens (tertiary/aromatic N) is 3. The molecule has 0 spiro atoms. The Morgan fingerprint density at radius 2 is 2.21 bits per heavy atom. The lowest BCUT2D eigenvalue weighted by molar-refractivity contribution is -0.115. The number of hydrogen-bond donors (Lipinski definition) is 1. The molecule has 0 radical (unpaired) electrons. The molecule has 0 saturated carbocycles. The number of aryl methyl sites for hydroxylation is 1. The van der Waals surface area contributed by atoms with Crippen LogP contribution in [0.2, 0.25) is 0 Å². The van der Waals surface area contributed by atoms with Gasteiger partial charge in [-0.2, -0.15) is 5.26 Å². The second-order valence-corrected chi connectivity index (χ2v) is 9.53. The molecule has 0 saturated heterocycles. The first-order chi connectivity index (χ1) is 13.6. The second-order valence-electron chi connectivity index (χ2n) is 7.12. The lowest BCUT2D eigenvalue weighted by atomic mass is 9.89. The summed E-state index contributed by atoms with van der Waals surface area (Å²) < 4.78 is 0. The number of rotatable bonds is 4. The van der Waals surface area contributed by atoms with Gasteiger partial charge in [0, 0.05) is 10.3 Å². The van der Waals surface area contributed by atoms with E-state index in [2.05, 4.69) is 28.3 Å². The molecular formula is C21H20N4OS2. The Bertz CT molecular complexity index is 1090. The van der Waals surface area contributed by atoms with Crippen LogP contribution in [-0.2, 0) is 17.6 Å². The first-order valence-corrected chi connectivity index (χ1v) is 11.0. The quantitative estimate of drug-likeness (QED) is 0.495. The maximum atomic E-state index is 12.7. The number of carbonyl (C=O) groups excluding carboxylic acids is 1. The molecule has 3 aromatic rings. The molecule has 7 heteroatoms. The molecule has 1 aliphatic carbocycles. The van der Waals surface area contributed by atoms with Crippen molar-refractivity contribution < 1.29 is 4.79 Å². The summed E-state index contributed by atoms with van der Waals surface area (Å²) in [7, 11) is 0. The fourth-order valence-corrected chi connectivity index (χ4v) is 5.84. The summed E-state index contributed by atoms with van der Waals surface area (Å²) in [6, 6.07) is 9.13. The number of thiophene rings is 1. The lowest BCUT2D eigenvalue weighted by Crippen LogP contribution is -2.23. The van der Waals surface area contributed by atoms with Crippen LogP contribution in [0.3, 0.4) is 0 Å². The van der Waals surface area contributed by atoms with Crippen molar-refractivity contribution in [3.05, 3.63) is 46.6 Å². The molecule has 1 N–H and O–H groups in total. The number of amides is 1. The highest BCUT2D eigenvalue weighted by molar-refractivity contribution is 8.00. The van der Waals surface area contributed by atoms with Gasteiger partial charge in [-0.05, 0) is 49.8 Å². The molecule has 0 fully saturated rings. The Kier molecular flexibility index (Phi) is 5.33. The average Bonchev–Trinajstić information content (AvgIpc) is 3.06. The molecule has 1 amide bonds. The highest BCUT2D eigenvalue weighted by Gasteiger charge is 2.25. The van der Waals surface area contributed by atoms with E-state index in [9.17, 15) is 10.1 Å². The molecule has 2 aromatic heterocycles. The van der Waals surface area contributed by atoms with Gasteiger partial charge in [0.2, 0.25) is 5.91 Å². The fraction of sp³-hybridized carbons (Fsp3) is 0.333. The van der Waals surface area contributed by atoms with Gasteiger partial charge in [-0.3, -0.25) is 4.79 Å². The average molecular weight is 409 g/mol. The zero-order valence-corrected chi connectivity index (χ0v) is 17.4. The van der Waals surface area contributed by atoms with Gasteiger partial charge >= 0.3 is 0 Å². The summed E-state index contributed by atoms with van der Waals surface area (Å²) in [6.45, 7) is 4.16. The van der Waals surface area contributed by atoms with Crippen LogP contribution in [0.1, 0.15) is 36.3 Å². The van der Waals surface area contributed by atoms with E-state index in [0.717, 1.165) is 28.1 Å². The van der Waals surface area contributed by atoms with E-state index in [1.165, 1.54) is 28.6 Å². The Labute approximate surface area is 172 Å². The highest BCUT2D eigenvalue weighted by atomic mass is 32.2. The number of benzene rings is 1. The van der Waals surface area contributed by atoms with Gasteiger partial charge in [-0.25, -0.2) is 9.97 Å². The normalized spacial score (nSPS) is 17.0. The van der Waals surface area contributed by atoms with Crippen molar-refractivity contribution in [2.24, 2.45) is 5.92 Å². The first-order valence-electron chi connectivity index (χ1n) is 9.28. The standard InChI is InChI=1S/C21H20N4OS2/c1-12-7-8-15-17(9-12)28-21-18(15)20(23-11-24-21)27-13(2)19(26)25-16-6-4-3-5-14(16)10-22/h3-6,11-13H,7-9H2,1-2H3,(H,25,26)/t12-,13-/m1/s1. The molecule has 0 bridgehead atoms. The molecule has 28 heavy (non-hydrogen) atoms. The van der Waals surface area contributed by atoms with Crippen LogP contribution in [0.25, 0.3) is 10.2 Å². The summed E-state index contributed by atoms with van der Waals surface area (Å²) in [4.78, 5) is 24.1. The van der Waals surface area contributed by atoms with E-state index >= 15 is 0 Å². The van der Waals surface area contributed by atoms with Crippen molar-refractivity contribution in [3.8, 4) is 6.07 Å². The van der Waals surface area contributed by atoms with Crippen LogP contribution in [0.4, 0.5) is 5.69 Å². The summed E-state index contributed by atoms with van der Waals surface area (Å²) in [5.41, 5.74) is 2.36. The third-order valence-electron chi connectivity index (χ3n) is 5.02. The molecule has 1 aliphatic rings. The number of para-hydroxylation sites is 1. The number of fused-ring (bicyclic) bond motifs is 3. The summed E-state index contributed by atoms with van der Waals surface area (Å²) in [6.07, 6.45) is 4.92. The molecule has 1 aromatic carbocycles. The van der Waals surface area contributed by atoms with Gasteiger partial charge in [0.25, 0.3) is 0 Å². The van der Waals surface area contributed by atoms with Crippen LogP contribution in [0, 0.1) is 17.2 Å². The van der Waals surface area contributed by atoms with Gasteiger partial charge < -0.3 is 5.32 Å². The second kappa shape index (κ2) is 7.90. The molecule has 5 nitrogen and oxygen atoms in total. The van der Waals surface area contributed by atoms with Gasteiger partial charge in [-0.15, -0.1) is 11.3 Å².